The average molecular weight is 1530 g/mol. The second-order valence-corrected chi connectivity index (χ2v) is 21.0. The van der Waals surface area contributed by atoms with Crippen molar-refractivity contribution in [2.45, 2.75) is 60.3 Å². The Morgan fingerprint density at radius 3 is 1.00 bits per heavy atom. The summed E-state index contributed by atoms with van der Waals surface area (Å²) in [6.45, 7) is 5.64. The molecule has 0 saturated carbocycles. The van der Waals surface area contributed by atoms with Crippen LogP contribution in [0, 0.1) is 24.4 Å². The van der Waals surface area contributed by atoms with E-state index in [4.69, 9.17) is 10.5 Å². The number of carbonyl (C=O) groups excluding carboxylic acids is 2. The first kappa shape index (κ1) is 92.0. The SMILES string of the molecule is C.C.COC(=O)c1cc(=O)n(-c2ccc(OC(F)(F)F)cc2)cc1-c1ccc(F)cc1.NCc1ccccc1.O=C(CCc1ccccc1)c1cc(=O)n(-c2ccc(OC(F)(F)F)cc2)cc1-c1ccc(F)cc1.O=C(O)c1cc(=O)n(-c2ccc(OC(F)(F)F)cc2)cc1-c1ccc(F)cc1.[CH2-]C.[Li+].[OH-].[V]. The van der Waals surface area contributed by atoms with Crippen LogP contribution in [0.5, 0.6) is 17.2 Å². The Labute approximate surface area is 629 Å². The number of aryl methyl sites for hydroxylation is 1. The quantitative estimate of drug-likeness (QED) is 0.0302. The fraction of sp³-hybridized carbons (Fsp3) is 0.130. The monoisotopic (exact) mass is 1520 g/mol. The van der Waals surface area contributed by atoms with E-state index >= 15 is 0 Å². The molecule has 0 spiro atoms. The van der Waals surface area contributed by atoms with E-state index in [-0.39, 0.29) is 115 Å². The van der Waals surface area contributed by atoms with Gasteiger partial charge in [-0.1, -0.05) is 112 Å². The van der Waals surface area contributed by atoms with Gasteiger partial charge in [0.1, 0.15) is 34.7 Å². The van der Waals surface area contributed by atoms with Crippen molar-refractivity contribution in [1.82, 2.24) is 13.7 Å². The van der Waals surface area contributed by atoms with Crippen LogP contribution in [0.4, 0.5) is 52.7 Å². The number of carboxylic acid groups (broad SMARTS) is 1. The largest absolute Gasteiger partial charge is 1.00 e. The van der Waals surface area contributed by atoms with E-state index in [0.717, 1.165) is 82.5 Å². The maximum atomic E-state index is 13.5. The summed E-state index contributed by atoms with van der Waals surface area (Å²) in [4.78, 5) is 74.4. The first-order valence-electron chi connectivity index (χ1n) is 29.9. The second-order valence-electron chi connectivity index (χ2n) is 21.0. The number of esters is 1. The van der Waals surface area contributed by atoms with E-state index in [9.17, 15) is 86.6 Å². The van der Waals surface area contributed by atoms with Crippen LogP contribution in [0.2, 0.25) is 0 Å². The summed E-state index contributed by atoms with van der Waals surface area (Å²) in [5.41, 5.74) is 8.37. The van der Waals surface area contributed by atoms with Crippen molar-refractivity contribution in [3.63, 3.8) is 0 Å². The number of Topliss-reactive ketones (excluding diaryl/α,β-unsaturated/α-hetero) is 1. The van der Waals surface area contributed by atoms with Crippen molar-refractivity contribution < 1.29 is 134 Å². The molecule has 0 fully saturated rings. The fourth-order valence-corrected chi connectivity index (χ4v) is 9.55. The summed E-state index contributed by atoms with van der Waals surface area (Å²) in [5.74, 6) is -5.17. The number of halogens is 12. The van der Waals surface area contributed by atoms with Gasteiger partial charge in [0.2, 0.25) is 0 Å². The molecule has 11 aromatic rings. The standard InChI is InChI=1S/C27H19F4NO3.C20H13F4NO4.C19H11F4NO4.C7H9N.C2H5.2CH4.Li.H2O.V/c28-20-9-7-19(8-10-20)24-17-32(21-11-13-22(14-12-21)35-27(29,30)31)26(34)16-23(24)25(33)15-6-18-4-2-1-3-5-18;1-28-19(27)16-10-18(26)25(11-17(16)12-2-4-13(21)5-3-12)14-6-8-15(9-7-14)29-20(22,23)24;20-12-3-1-11(2-4-12)16-10-24(17(25)9-15(16)18(26)27)13-5-7-14(8-6-13)28-19(21,22)23;8-6-7-4-2-1-3-5-7;1-2;;;;;/h1-5,7-14,16-17H,6,15H2;2-11H,1H3;1-10H,(H,26,27);1-5H,6,8H2;1H2,2H3;2*1H4;;1H2;/q;;;;-1;;;+1;;/p-1. The van der Waals surface area contributed by atoms with Crippen molar-refractivity contribution in [2.75, 3.05) is 7.11 Å². The van der Waals surface area contributed by atoms with Gasteiger partial charge < -0.3 is 42.2 Å². The Hall–Kier alpha value is -11.1. The maximum Gasteiger partial charge on any atom is 1.00 e. The van der Waals surface area contributed by atoms with Gasteiger partial charge in [0, 0.05) is 108 Å². The number of methoxy groups -OCH3 is 1. The van der Waals surface area contributed by atoms with Crippen LogP contribution in [0.25, 0.3) is 50.4 Å². The molecule has 8 aromatic carbocycles. The predicted molar refractivity (Wildman–Crippen MR) is 371 cm³/mol. The fourth-order valence-electron chi connectivity index (χ4n) is 9.55. The van der Waals surface area contributed by atoms with Crippen LogP contribution in [0.15, 0.2) is 257 Å². The molecule has 3 heterocycles. The van der Waals surface area contributed by atoms with Gasteiger partial charge in [-0.15, -0.1) is 39.5 Å². The number of carboxylic acids is 1. The Kier molecular flexibility index (Phi) is 36.2. The van der Waals surface area contributed by atoms with Crippen LogP contribution < -0.4 is 55.5 Å². The number of aromatic carboxylic acids is 1. The number of pyridine rings is 3. The number of aromatic nitrogens is 3. The van der Waals surface area contributed by atoms with Crippen LogP contribution in [-0.4, -0.2) is 68.2 Å². The molecule has 0 aliphatic rings. The third kappa shape index (κ3) is 27.4. The van der Waals surface area contributed by atoms with Crippen molar-refractivity contribution in [1.29, 1.82) is 0 Å². The molecule has 3 aromatic heterocycles. The van der Waals surface area contributed by atoms with Crippen molar-refractivity contribution in [3.05, 3.63) is 326 Å². The molecule has 0 unspecified atom stereocenters. The molecule has 30 heteroatoms. The predicted octanol–water partition coefficient (Wildman–Crippen LogP) is 15.0. The zero-order valence-corrected chi connectivity index (χ0v) is 56.7. The van der Waals surface area contributed by atoms with Gasteiger partial charge in [-0.3, -0.25) is 32.9 Å². The van der Waals surface area contributed by atoms with Gasteiger partial charge in [-0.2, -0.15) is 6.92 Å². The van der Waals surface area contributed by atoms with Gasteiger partial charge in [-0.05, 0) is 143 Å². The zero-order valence-electron chi connectivity index (χ0n) is 55.3. The van der Waals surface area contributed by atoms with Crippen LogP contribution >= 0.6 is 0 Å². The zero-order chi connectivity index (χ0) is 74.5. The molecule has 11 rings (SSSR count). The van der Waals surface area contributed by atoms with E-state index < -0.39 is 82.4 Å². The number of hydrogen-bond donors (Lipinski definition) is 2. The molecule has 107 heavy (non-hydrogen) atoms. The van der Waals surface area contributed by atoms with E-state index in [1.807, 2.05) is 60.7 Å². The number of ether oxygens (including phenoxy) is 4. The third-order valence-corrected chi connectivity index (χ3v) is 14.2. The topological polar surface area (TPSA) is 230 Å². The smallest absolute Gasteiger partial charge is 0.870 e. The maximum absolute atomic E-state index is 13.5. The van der Waals surface area contributed by atoms with Gasteiger partial charge in [0.15, 0.2) is 5.78 Å². The number of nitrogens with zero attached hydrogens (tertiary/aromatic N) is 3. The minimum atomic E-state index is -4.85. The number of hydrogen-bond acceptors (Lipinski definition) is 12. The van der Waals surface area contributed by atoms with Crippen molar-refractivity contribution >= 4 is 17.7 Å². The number of alkyl halides is 9. The summed E-state index contributed by atoms with van der Waals surface area (Å²) in [6, 6.07) is 52.1. The minimum Gasteiger partial charge on any atom is -0.870 e. The van der Waals surface area contributed by atoms with Crippen LogP contribution in [0.3, 0.4) is 0 Å². The molecule has 0 aliphatic carbocycles. The molecular formula is C77H66F12LiN4O12V-. The first-order chi connectivity index (χ1) is 48.4. The van der Waals surface area contributed by atoms with Gasteiger partial charge >= 0.3 is 49.9 Å². The Balaban J connectivity index is 0.000000502. The van der Waals surface area contributed by atoms with E-state index in [2.05, 4.69) is 21.1 Å². The van der Waals surface area contributed by atoms with Gasteiger partial charge in [0.25, 0.3) is 16.7 Å². The van der Waals surface area contributed by atoms with E-state index in [0.29, 0.717) is 35.2 Å². The van der Waals surface area contributed by atoms with Crippen LogP contribution in [-0.2, 0) is 36.3 Å². The number of nitrogens with two attached hydrogens (primary N) is 1. The number of rotatable bonds is 16. The molecule has 16 nitrogen and oxygen atoms in total. The number of ketones is 1. The number of benzene rings is 8. The van der Waals surface area contributed by atoms with Crippen LogP contribution in [0.1, 0.15) is 70.4 Å². The molecule has 557 valence electrons. The normalized spacial score (nSPS) is 10.4. The summed E-state index contributed by atoms with van der Waals surface area (Å²) >= 11 is 0. The average Bonchev–Trinajstić information content (AvgIpc) is 0.794. The third-order valence-electron chi connectivity index (χ3n) is 14.2. The second kappa shape index (κ2) is 42.1. The van der Waals surface area contributed by atoms with Gasteiger partial charge in [0.05, 0.1) is 18.2 Å². The van der Waals surface area contributed by atoms with E-state index in [1.165, 1.54) is 132 Å². The first-order valence-corrected chi connectivity index (χ1v) is 29.9. The molecule has 0 amide bonds. The molecule has 0 atom stereocenters. The molecule has 0 saturated heterocycles. The van der Waals surface area contributed by atoms with Crippen molar-refractivity contribution in [3.8, 4) is 67.7 Å². The summed E-state index contributed by atoms with van der Waals surface area (Å²) in [7, 11) is 1.15. The summed E-state index contributed by atoms with van der Waals surface area (Å²) in [5, 5.41) is 9.37. The van der Waals surface area contributed by atoms with E-state index in [1.54, 1.807) is 6.92 Å². The minimum absolute atomic E-state index is 0. The summed E-state index contributed by atoms with van der Waals surface area (Å²) in [6.07, 6.45) is -9.88. The Morgan fingerprint density at radius 2 is 0.720 bits per heavy atom. The molecule has 0 bridgehead atoms. The van der Waals surface area contributed by atoms with Crippen molar-refractivity contribution in [2.24, 2.45) is 5.73 Å². The molecular weight excluding hydrogens is 1460 g/mol. The Morgan fingerprint density at radius 1 is 0.439 bits per heavy atom. The number of carbonyl (C=O) groups is 3. The molecule has 1 radical (unpaired) electrons. The van der Waals surface area contributed by atoms with Gasteiger partial charge in [-0.25, -0.2) is 22.8 Å². The Bertz CT molecular complexity index is 4820. The molecule has 0 aliphatic heterocycles. The summed E-state index contributed by atoms with van der Waals surface area (Å²) < 4.78 is 171. The molecule has 4 N–H and O–H groups in total.